The number of likely N-dealkylation sites (tertiary alicyclic amines) is 1. The molecule has 1 aliphatic heterocycles. The van der Waals surface area contributed by atoms with Crippen LogP contribution in [0.25, 0.3) is 11.1 Å². The molecule has 0 radical (unpaired) electrons. The summed E-state index contributed by atoms with van der Waals surface area (Å²) in [5.74, 6) is 0.344. The van der Waals surface area contributed by atoms with E-state index in [9.17, 15) is 9.59 Å². The van der Waals surface area contributed by atoms with Crippen molar-refractivity contribution in [1.29, 1.82) is 0 Å². The van der Waals surface area contributed by atoms with Crippen molar-refractivity contribution in [2.45, 2.75) is 66.0 Å². The highest BCUT2D eigenvalue weighted by molar-refractivity contribution is 5.95. The molecule has 32 heavy (non-hydrogen) atoms. The van der Waals surface area contributed by atoms with Crippen molar-refractivity contribution >= 4 is 12.0 Å². The van der Waals surface area contributed by atoms with Crippen LogP contribution in [0.4, 0.5) is 4.79 Å². The number of carbonyl (C=O) groups is 2. The molecule has 1 fully saturated rings. The van der Waals surface area contributed by atoms with Crippen molar-refractivity contribution in [2.75, 3.05) is 0 Å². The van der Waals surface area contributed by atoms with E-state index in [-0.39, 0.29) is 17.9 Å². The van der Waals surface area contributed by atoms with Gasteiger partial charge in [0.25, 0.3) is 0 Å². The van der Waals surface area contributed by atoms with Crippen molar-refractivity contribution in [3.63, 3.8) is 0 Å². The molecule has 0 saturated carbocycles. The molecule has 0 N–H and O–H groups in total. The monoisotopic (exact) mass is 435 g/mol. The minimum atomic E-state index is -0.620. The molecule has 172 valence electrons. The second-order valence-electron chi connectivity index (χ2n) is 9.73. The topological polar surface area (TPSA) is 46.6 Å². The van der Waals surface area contributed by atoms with E-state index in [0.717, 1.165) is 11.1 Å². The normalized spacial score (nSPS) is 18.2. The highest BCUT2D eigenvalue weighted by atomic mass is 16.6. The first-order valence-corrected chi connectivity index (χ1v) is 11.3. The Kier molecular flexibility index (Phi) is 8.82. The highest BCUT2D eigenvalue weighted by Crippen LogP contribution is 2.29. The van der Waals surface area contributed by atoms with Gasteiger partial charge in [-0.1, -0.05) is 81.4 Å². The lowest BCUT2D eigenvalue weighted by molar-refractivity contribution is -0.130. The summed E-state index contributed by atoms with van der Waals surface area (Å²) in [6.45, 7) is 15.1. The maximum Gasteiger partial charge on any atom is 0.417 e. The van der Waals surface area contributed by atoms with E-state index in [1.54, 1.807) is 0 Å². The lowest BCUT2D eigenvalue weighted by atomic mass is 9.98. The number of benzene rings is 2. The van der Waals surface area contributed by atoms with Crippen LogP contribution in [0.15, 0.2) is 67.3 Å². The maximum absolute atomic E-state index is 12.5. The standard InChI is InChI=1S/C23H27NO3.C5H10/c1-16-14-20(24(21(16)25)22(26)27-23(2,3)4)15-17-10-12-19(13-11-17)18-8-6-5-7-9-18;1-4-5(2)3/h5-13,16,20H,14-15H2,1-4H3;4-5H,1H2,2-3H3/t16?,20-;/m0./s1. The first-order valence-electron chi connectivity index (χ1n) is 11.3. The Hall–Kier alpha value is -2.88. The second kappa shape index (κ2) is 11.1. The molecule has 2 atom stereocenters. The molecule has 0 bridgehead atoms. The van der Waals surface area contributed by atoms with E-state index in [0.29, 0.717) is 18.8 Å². The van der Waals surface area contributed by atoms with Gasteiger partial charge in [-0.25, -0.2) is 9.69 Å². The summed E-state index contributed by atoms with van der Waals surface area (Å²) in [5.41, 5.74) is 2.81. The number of ether oxygens (including phenoxy) is 1. The van der Waals surface area contributed by atoms with Gasteiger partial charge in [0.05, 0.1) is 0 Å². The number of imide groups is 1. The summed E-state index contributed by atoms with van der Waals surface area (Å²) in [4.78, 5) is 26.4. The van der Waals surface area contributed by atoms with E-state index < -0.39 is 11.7 Å². The van der Waals surface area contributed by atoms with Gasteiger partial charge in [-0.2, -0.15) is 0 Å². The molecule has 2 aromatic rings. The van der Waals surface area contributed by atoms with Crippen LogP contribution in [0, 0.1) is 11.8 Å². The molecule has 1 heterocycles. The van der Waals surface area contributed by atoms with Gasteiger partial charge in [0.15, 0.2) is 0 Å². The van der Waals surface area contributed by atoms with E-state index in [1.807, 2.05) is 52.0 Å². The lowest BCUT2D eigenvalue weighted by Gasteiger charge is -2.27. The second-order valence-corrected chi connectivity index (χ2v) is 9.73. The molecule has 4 heteroatoms. The Morgan fingerprint density at radius 2 is 1.62 bits per heavy atom. The summed E-state index contributed by atoms with van der Waals surface area (Å²) in [6, 6.07) is 18.4. The van der Waals surface area contributed by atoms with Crippen LogP contribution in [-0.2, 0) is 16.0 Å². The molecule has 0 aliphatic carbocycles. The maximum atomic E-state index is 12.5. The number of amides is 2. The fraction of sp³-hybridized carbons (Fsp3) is 0.429. The van der Waals surface area contributed by atoms with E-state index >= 15 is 0 Å². The summed E-state index contributed by atoms with van der Waals surface area (Å²) < 4.78 is 5.45. The van der Waals surface area contributed by atoms with Crippen LogP contribution >= 0.6 is 0 Å². The average molecular weight is 436 g/mol. The Bertz CT molecular complexity index is 895. The van der Waals surface area contributed by atoms with Crippen molar-refractivity contribution < 1.29 is 14.3 Å². The third-order valence-corrected chi connectivity index (χ3v) is 5.24. The van der Waals surface area contributed by atoms with Crippen molar-refractivity contribution in [3.8, 4) is 11.1 Å². The number of carbonyl (C=O) groups excluding carboxylic acids is 2. The van der Waals surface area contributed by atoms with Gasteiger partial charge in [0, 0.05) is 12.0 Å². The van der Waals surface area contributed by atoms with Crippen LogP contribution in [0.5, 0.6) is 0 Å². The van der Waals surface area contributed by atoms with Crippen LogP contribution in [-0.4, -0.2) is 28.5 Å². The van der Waals surface area contributed by atoms with Crippen LogP contribution < -0.4 is 0 Å². The van der Waals surface area contributed by atoms with Gasteiger partial charge < -0.3 is 4.74 Å². The Morgan fingerprint density at radius 3 is 2.12 bits per heavy atom. The molecule has 2 aromatic carbocycles. The molecular weight excluding hydrogens is 398 g/mol. The first kappa shape index (κ1) is 25.4. The summed E-state index contributed by atoms with van der Waals surface area (Å²) >= 11 is 0. The van der Waals surface area contributed by atoms with Gasteiger partial charge in [-0.05, 0) is 56.2 Å². The van der Waals surface area contributed by atoms with Gasteiger partial charge in [0.2, 0.25) is 5.91 Å². The van der Waals surface area contributed by atoms with Gasteiger partial charge >= 0.3 is 6.09 Å². The van der Waals surface area contributed by atoms with E-state index in [2.05, 4.69) is 56.8 Å². The molecule has 4 nitrogen and oxygen atoms in total. The molecule has 1 unspecified atom stereocenters. The van der Waals surface area contributed by atoms with E-state index in [4.69, 9.17) is 4.74 Å². The third-order valence-electron chi connectivity index (χ3n) is 5.24. The van der Waals surface area contributed by atoms with Crippen molar-refractivity contribution in [3.05, 3.63) is 72.8 Å². The molecular formula is C28H37NO3. The summed E-state index contributed by atoms with van der Waals surface area (Å²) in [5, 5.41) is 0. The minimum absolute atomic E-state index is 0.143. The van der Waals surface area contributed by atoms with Crippen molar-refractivity contribution in [2.24, 2.45) is 11.8 Å². The molecule has 0 aromatic heterocycles. The number of rotatable bonds is 4. The smallest absolute Gasteiger partial charge is 0.417 e. The zero-order valence-electron chi connectivity index (χ0n) is 20.3. The number of hydrogen-bond acceptors (Lipinski definition) is 3. The summed E-state index contributed by atoms with van der Waals surface area (Å²) in [6.07, 6.45) is 2.69. The van der Waals surface area contributed by atoms with Crippen LogP contribution in [0.3, 0.4) is 0 Å². The molecule has 1 aliphatic rings. The number of allylic oxidation sites excluding steroid dienone is 1. The molecule has 0 spiro atoms. The fourth-order valence-corrected chi connectivity index (χ4v) is 3.49. The largest absolute Gasteiger partial charge is 0.443 e. The quantitative estimate of drug-likeness (QED) is 0.491. The van der Waals surface area contributed by atoms with Crippen molar-refractivity contribution in [1.82, 2.24) is 4.90 Å². The zero-order chi connectivity index (χ0) is 23.9. The highest BCUT2D eigenvalue weighted by Gasteiger charge is 2.42. The predicted molar refractivity (Wildman–Crippen MR) is 131 cm³/mol. The summed E-state index contributed by atoms with van der Waals surface area (Å²) in [7, 11) is 0. The fourth-order valence-electron chi connectivity index (χ4n) is 3.49. The zero-order valence-corrected chi connectivity index (χ0v) is 20.3. The average Bonchev–Trinajstić information content (AvgIpc) is 3.01. The first-order chi connectivity index (χ1) is 15.0. The predicted octanol–water partition coefficient (Wildman–Crippen LogP) is 6.90. The Morgan fingerprint density at radius 1 is 1.09 bits per heavy atom. The number of nitrogens with zero attached hydrogens (tertiary/aromatic N) is 1. The third kappa shape index (κ3) is 7.37. The minimum Gasteiger partial charge on any atom is -0.443 e. The molecule has 1 saturated heterocycles. The lowest BCUT2D eigenvalue weighted by Crippen LogP contribution is -2.43. The molecule has 2 amide bonds. The van der Waals surface area contributed by atoms with Crippen LogP contribution in [0.2, 0.25) is 0 Å². The van der Waals surface area contributed by atoms with Gasteiger partial charge in [0.1, 0.15) is 5.60 Å². The van der Waals surface area contributed by atoms with Gasteiger partial charge in [-0.15, -0.1) is 6.58 Å². The molecule has 3 rings (SSSR count). The number of hydrogen-bond donors (Lipinski definition) is 0. The van der Waals surface area contributed by atoms with E-state index in [1.165, 1.54) is 10.5 Å². The Balaban J connectivity index is 0.000000654. The van der Waals surface area contributed by atoms with Gasteiger partial charge in [-0.3, -0.25) is 4.79 Å². The Labute approximate surface area is 193 Å². The van der Waals surface area contributed by atoms with Crippen LogP contribution in [0.1, 0.15) is 53.5 Å². The SMILES string of the molecule is C=CC(C)C.CC1C[C@@H](Cc2ccc(-c3ccccc3)cc2)N(C(=O)OC(C)(C)C)C1=O.